The molecule has 0 spiro atoms. The van der Waals surface area contributed by atoms with Gasteiger partial charge in [0, 0.05) is 24.6 Å². The molecule has 2 amide bonds. The van der Waals surface area contributed by atoms with Crippen molar-refractivity contribution in [2.75, 3.05) is 7.11 Å². The summed E-state index contributed by atoms with van der Waals surface area (Å²) in [7, 11) is 1.59. The molecule has 1 aliphatic heterocycles. The summed E-state index contributed by atoms with van der Waals surface area (Å²) in [5.74, 6) is 1.17. The van der Waals surface area contributed by atoms with E-state index < -0.39 is 0 Å². The fourth-order valence-electron chi connectivity index (χ4n) is 5.00. The van der Waals surface area contributed by atoms with E-state index in [-0.39, 0.29) is 11.8 Å². The molecule has 3 aliphatic rings. The lowest BCUT2D eigenvalue weighted by Gasteiger charge is -2.22. The Bertz CT molecular complexity index is 737. The van der Waals surface area contributed by atoms with Crippen LogP contribution in [-0.4, -0.2) is 34.8 Å². The first-order valence-corrected chi connectivity index (χ1v) is 10.8. The van der Waals surface area contributed by atoms with Crippen LogP contribution in [-0.2, 0) is 17.9 Å². The molecule has 1 N–H and O–H groups in total. The summed E-state index contributed by atoms with van der Waals surface area (Å²) in [6, 6.07) is 2.21. The van der Waals surface area contributed by atoms with Gasteiger partial charge in [-0.3, -0.25) is 9.59 Å². The Morgan fingerprint density at radius 1 is 1.18 bits per heavy atom. The van der Waals surface area contributed by atoms with Crippen molar-refractivity contribution in [3.8, 4) is 5.88 Å². The molecule has 152 valence electrons. The minimum Gasteiger partial charge on any atom is -0.481 e. The lowest BCUT2D eigenvalue weighted by atomic mass is 9.87. The summed E-state index contributed by atoms with van der Waals surface area (Å²) in [5.41, 5.74) is 2.25. The highest BCUT2D eigenvalue weighted by Crippen LogP contribution is 2.33. The Labute approximate surface area is 167 Å². The second kappa shape index (κ2) is 8.50. The minimum atomic E-state index is 0.0758. The molecule has 0 unspecified atom stereocenters. The van der Waals surface area contributed by atoms with Crippen molar-refractivity contribution < 1.29 is 14.3 Å². The Morgan fingerprint density at radius 3 is 2.61 bits per heavy atom. The molecule has 0 atom stereocenters. The van der Waals surface area contributed by atoms with Crippen LogP contribution in [0.1, 0.15) is 85.8 Å². The van der Waals surface area contributed by atoms with Crippen LogP contribution in [0.25, 0.3) is 0 Å². The average molecular weight is 386 g/mol. The van der Waals surface area contributed by atoms with Gasteiger partial charge in [-0.05, 0) is 37.7 Å². The number of aromatic nitrogens is 1. The second-order valence-electron chi connectivity index (χ2n) is 8.51. The zero-order valence-electron chi connectivity index (χ0n) is 16.8. The normalized spacial score (nSPS) is 20.5. The minimum absolute atomic E-state index is 0.0758. The number of pyridine rings is 1. The van der Waals surface area contributed by atoms with Gasteiger partial charge >= 0.3 is 0 Å². The van der Waals surface area contributed by atoms with Crippen LogP contribution in [0, 0.1) is 5.92 Å². The number of rotatable bonds is 6. The number of hydrogen-bond donors (Lipinski definition) is 1. The predicted molar refractivity (Wildman–Crippen MR) is 106 cm³/mol. The highest BCUT2D eigenvalue weighted by Gasteiger charge is 2.36. The highest BCUT2D eigenvalue weighted by molar-refractivity contribution is 5.98. The number of amides is 2. The van der Waals surface area contributed by atoms with E-state index in [9.17, 15) is 9.59 Å². The van der Waals surface area contributed by atoms with Crippen LogP contribution in [0.15, 0.2) is 6.07 Å². The van der Waals surface area contributed by atoms with E-state index in [2.05, 4.69) is 10.3 Å². The van der Waals surface area contributed by atoms with Crippen molar-refractivity contribution in [1.82, 2.24) is 15.2 Å². The van der Waals surface area contributed by atoms with Gasteiger partial charge in [0.15, 0.2) is 0 Å². The molecule has 0 aromatic carbocycles. The van der Waals surface area contributed by atoms with Crippen LogP contribution in [0.3, 0.4) is 0 Å². The van der Waals surface area contributed by atoms with Gasteiger partial charge in [-0.2, -0.15) is 0 Å². The highest BCUT2D eigenvalue weighted by atomic mass is 16.5. The van der Waals surface area contributed by atoms with Crippen molar-refractivity contribution in [3.05, 3.63) is 22.9 Å². The van der Waals surface area contributed by atoms with Crippen LogP contribution >= 0.6 is 0 Å². The first-order valence-electron chi connectivity index (χ1n) is 10.8. The van der Waals surface area contributed by atoms with Gasteiger partial charge < -0.3 is 15.0 Å². The smallest absolute Gasteiger partial charge is 0.256 e. The van der Waals surface area contributed by atoms with E-state index >= 15 is 0 Å². The third-order valence-electron chi connectivity index (χ3n) is 6.59. The van der Waals surface area contributed by atoms with E-state index in [0.29, 0.717) is 42.9 Å². The largest absolute Gasteiger partial charge is 0.481 e. The van der Waals surface area contributed by atoms with Gasteiger partial charge in [0.25, 0.3) is 5.91 Å². The lowest BCUT2D eigenvalue weighted by Crippen LogP contribution is -2.33. The summed E-state index contributed by atoms with van der Waals surface area (Å²) < 4.78 is 5.46. The molecule has 6 heteroatoms. The van der Waals surface area contributed by atoms with Crippen LogP contribution in [0.4, 0.5) is 0 Å². The quantitative estimate of drug-likeness (QED) is 0.812. The summed E-state index contributed by atoms with van der Waals surface area (Å²) in [4.78, 5) is 31.8. The molecule has 0 radical (unpaired) electrons. The van der Waals surface area contributed by atoms with Gasteiger partial charge in [0.1, 0.15) is 0 Å². The fraction of sp³-hybridized carbons (Fsp3) is 0.682. The third-order valence-corrected chi connectivity index (χ3v) is 6.59. The number of carbonyl (C=O) groups excluding carboxylic acids is 2. The first-order chi connectivity index (χ1) is 13.7. The van der Waals surface area contributed by atoms with Crippen LogP contribution in [0.5, 0.6) is 5.88 Å². The van der Waals surface area contributed by atoms with Crippen molar-refractivity contribution in [3.63, 3.8) is 0 Å². The van der Waals surface area contributed by atoms with Crippen molar-refractivity contribution >= 4 is 11.8 Å². The molecule has 0 bridgehead atoms. The topological polar surface area (TPSA) is 71.5 Å². The van der Waals surface area contributed by atoms with Gasteiger partial charge in [0.05, 0.1) is 24.9 Å². The Morgan fingerprint density at radius 2 is 1.89 bits per heavy atom. The van der Waals surface area contributed by atoms with E-state index in [1.165, 1.54) is 32.1 Å². The molecule has 28 heavy (non-hydrogen) atoms. The van der Waals surface area contributed by atoms with Crippen molar-refractivity contribution in [2.45, 2.75) is 83.3 Å². The molecular formula is C22H31N3O3. The molecule has 2 saturated carbocycles. The Balaban J connectivity index is 1.42. The maximum atomic E-state index is 12.9. The zero-order chi connectivity index (χ0) is 19.5. The number of carbonyl (C=O) groups is 2. The Hall–Kier alpha value is -2.11. The third kappa shape index (κ3) is 4.01. The molecule has 2 aliphatic carbocycles. The summed E-state index contributed by atoms with van der Waals surface area (Å²) in [6.07, 6.45) is 11.2. The number of methoxy groups -OCH3 is 1. The van der Waals surface area contributed by atoms with Crippen LogP contribution < -0.4 is 10.1 Å². The van der Waals surface area contributed by atoms with Gasteiger partial charge in [-0.15, -0.1) is 0 Å². The maximum absolute atomic E-state index is 12.9. The number of nitrogens with zero attached hydrogens (tertiary/aromatic N) is 2. The lowest BCUT2D eigenvalue weighted by molar-refractivity contribution is -0.122. The molecule has 6 nitrogen and oxygen atoms in total. The molecule has 1 aromatic rings. The standard InChI is InChI=1S/C22H31N3O3/c1-28-21-16(13-23-20(26)11-15-7-3-2-4-8-15)12-18-19(24-21)14-25(22(18)27)17-9-5-6-10-17/h12,15,17H,2-11,13-14H2,1H3,(H,23,26). The van der Waals surface area contributed by atoms with Crippen molar-refractivity contribution in [2.24, 2.45) is 5.92 Å². The molecular weight excluding hydrogens is 354 g/mol. The summed E-state index contributed by atoms with van der Waals surface area (Å²) in [5, 5.41) is 3.01. The van der Waals surface area contributed by atoms with Gasteiger partial charge in [0.2, 0.25) is 11.8 Å². The SMILES string of the molecule is COc1nc2c(cc1CNC(=O)CC1CCCCC1)C(=O)N(C1CCCC1)C2. The molecule has 0 saturated heterocycles. The molecule has 2 heterocycles. The summed E-state index contributed by atoms with van der Waals surface area (Å²) >= 11 is 0. The Kier molecular flexibility index (Phi) is 5.83. The van der Waals surface area contributed by atoms with Crippen LogP contribution in [0.2, 0.25) is 0 Å². The van der Waals surface area contributed by atoms with Crippen molar-refractivity contribution in [1.29, 1.82) is 0 Å². The fourth-order valence-corrected chi connectivity index (χ4v) is 5.00. The monoisotopic (exact) mass is 385 g/mol. The number of fused-ring (bicyclic) bond motifs is 1. The first kappa shape index (κ1) is 19.2. The second-order valence-corrected chi connectivity index (χ2v) is 8.51. The van der Waals surface area contributed by atoms with Gasteiger partial charge in [-0.1, -0.05) is 32.1 Å². The van der Waals surface area contributed by atoms with E-state index in [4.69, 9.17) is 4.74 Å². The average Bonchev–Trinajstić information content (AvgIpc) is 3.34. The molecule has 1 aromatic heterocycles. The maximum Gasteiger partial charge on any atom is 0.256 e. The zero-order valence-corrected chi connectivity index (χ0v) is 16.8. The van der Waals surface area contributed by atoms with E-state index in [0.717, 1.165) is 36.9 Å². The molecule has 4 rings (SSSR count). The number of hydrogen-bond acceptors (Lipinski definition) is 4. The summed E-state index contributed by atoms with van der Waals surface area (Å²) in [6.45, 7) is 0.926. The predicted octanol–water partition coefficient (Wildman–Crippen LogP) is 3.58. The molecule has 2 fully saturated rings. The number of ether oxygens (including phenoxy) is 1. The van der Waals surface area contributed by atoms with E-state index in [1.54, 1.807) is 7.11 Å². The van der Waals surface area contributed by atoms with E-state index in [1.807, 2.05) is 11.0 Å². The van der Waals surface area contributed by atoms with Gasteiger partial charge in [-0.25, -0.2) is 4.98 Å². The number of nitrogens with one attached hydrogen (secondary N) is 1.